The molecular weight excluding hydrogens is 184 g/mol. The van der Waals surface area contributed by atoms with Crippen molar-refractivity contribution in [3.05, 3.63) is 0 Å². The summed E-state index contributed by atoms with van der Waals surface area (Å²) in [6.07, 6.45) is 5.02. The lowest BCUT2D eigenvalue weighted by Gasteiger charge is -2.24. The topological polar surface area (TPSA) is 9.23 Å². The van der Waals surface area contributed by atoms with Crippen molar-refractivity contribution in [3.63, 3.8) is 0 Å². The fourth-order valence-electron chi connectivity index (χ4n) is 1.90. The molecule has 0 bridgehead atoms. The molecule has 1 nitrogen and oxygen atoms in total. The van der Waals surface area contributed by atoms with Gasteiger partial charge in [0.1, 0.15) is 0 Å². The Labute approximate surface area is 86.8 Å². The molecular formula is C11H21ClO. The summed E-state index contributed by atoms with van der Waals surface area (Å²) in [7, 11) is 0. The quantitative estimate of drug-likeness (QED) is 0.624. The molecule has 1 aliphatic heterocycles. The summed E-state index contributed by atoms with van der Waals surface area (Å²) in [4.78, 5) is 0. The molecule has 1 heterocycles. The van der Waals surface area contributed by atoms with E-state index in [4.69, 9.17) is 16.3 Å². The van der Waals surface area contributed by atoms with Crippen LogP contribution in [0.3, 0.4) is 0 Å². The second-order valence-electron chi connectivity index (χ2n) is 4.72. The molecule has 1 rings (SSSR count). The van der Waals surface area contributed by atoms with Crippen LogP contribution >= 0.6 is 11.6 Å². The van der Waals surface area contributed by atoms with Crippen LogP contribution in [0.25, 0.3) is 0 Å². The minimum Gasteiger partial charge on any atom is -0.381 e. The zero-order valence-electron chi connectivity index (χ0n) is 8.81. The highest BCUT2D eigenvalue weighted by atomic mass is 35.5. The first-order chi connectivity index (χ1) is 6.18. The molecule has 0 aromatic heterocycles. The second-order valence-corrected chi connectivity index (χ2v) is 4.99. The molecule has 0 aliphatic carbocycles. The average Bonchev–Trinajstić information content (AvgIpc) is 2.53. The number of ether oxygens (including phenoxy) is 1. The van der Waals surface area contributed by atoms with Crippen molar-refractivity contribution in [3.8, 4) is 0 Å². The Morgan fingerprint density at radius 3 is 2.69 bits per heavy atom. The smallest absolute Gasteiger partial charge is 0.0534 e. The van der Waals surface area contributed by atoms with Crippen LogP contribution in [0.15, 0.2) is 0 Å². The third-order valence-electron chi connectivity index (χ3n) is 2.96. The Hall–Kier alpha value is 0.250. The van der Waals surface area contributed by atoms with E-state index in [9.17, 15) is 0 Å². The minimum atomic E-state index is 0.316. The molecule has 1 saturated heterocycles. The normalized spacial score (nSPS) is 28.6. The van der Waals surface area contributed by atoms with Crippen LogP contribution in [0.2, 0.25) is 0 Å². The maximum atomic E-state index is 6.00. The number of rotatable bonds is 5. The van der Waals surface area contributed by atoms with Gasteiger partial charge in [0.05, 0.1) is 6.61 Å². The first-order valence-corrected chi connectivity index (χ1v) is 5.86. The number of hydrogen-bond acceptors (Lipinski definition) is 1. The average molecular weight is 205 g/mol. The Kier molecular flexibility index (Phi) is 4.54. The van der Waals surface area contributed by atoms with E-state index in [1.54, 1.807) is 0 Å². The van der Waals surface area contributed by atoms with E-state index in [2.05, 4.69) is 13.8 Å². The molecule has 0 radical (unpaired) electrons. The zero-order chi connectivity index (χ0) is 9.73. The summed E-state index contributed by atoms with van der Waals surface area (Å²) in [6, 6.07) is 0. The largest absolute Gasteiger partial charge is 0.381 e. The maximum absolute atomic E-state index is 6.00. The van der Waals surface area contributed by atoms with E-state index < -0.39 is 0 Å². The summed E-state index contributed by atoms with van der Waals surface area (Å²) in [5.74, 6) is 1.58. The fraction of sp³-hybridized carbons (Fsp3) is 1.00. The third-order valence-corrected chi connectivity index (χ3v) is 3.52. The van der Waals surface area contributed by atoms with E-state index in [-0.39, 0.29) is 0 Å². The van der Waals surface area contributed by atoms with Gasteiger partial charge in [0.2, 0.25) is 0 Å². The van der Waals surface area contributed by atoms with E-state index in [0.29, 0.717) is 5.41 Å². The standard InChI is InChI=1S/C11H21ClO/c1-10(2)4-3-5-11(8-12)6-7-13-9-11/h10H,3-9H2,1-2H3. The van der Waals surface area contributed by atoms with Gasteiger partial charge in [-0.3, -0.25) is 0 Å². The summed E-state index contributed by atoms with van der Waals surface area (Å²) in [5.41, 5.74) is 0.316. The first kappa shape index (κ1) is 11.3. The van der Waals surface area contributed by atoms with E-state index in [1.165, 1.54) is 19.3 Å². The summed E-state index contributed by atoms with van der Waals surface area (Å²) < 4.78 is 5.42. The molecule has 1 aliphatic rings. The van der Waals surface area contributed by atoms with E-state index >= 15 is 0 Å². The van der Waals surface area contributed by atoms with Crippen LogP contribution in [0, 0.1) is 11.3 Å². The van der Waals surface area contributed by atoms with Crippen molar-refractivity contribution in [1.82, 2.24) is 0 Å². The maximum Gasteiger partial charge on any atom is 0.0534 e. The number of halogens is 1. The molecule has 0 amide bonds. The molecule has 0 saturated carbocycles. The van der Waals surface area contributed by atoms with Gasteiger partial charge in [0.25, 0.3) is 0 Å². The van der Waals surface area contributed by atoms with Crippen molar-refractivity contribution in [2.45, 2.75) is 39.5 Å². The van der Waals surface area contributed by atoms with Crippen molar-refractivity contribution >= 4 is 11.6 Å². The highest BCUT2D eigenvalue weighted by Gasteiger charge is 2.33. The zero-order valence-corrected chi connectivity index (χ0v) is 9.57. The van der Waals surface area contributed by atoms with Crippen molar-refractivity contribution in [2.24, 2.45) is 11.3 Å². The van der Waals surface area contributed by atoms with Crippen molar-refractivity contribution in [1.29, 1.82) is 0 Å². The van der Waals surface area contributed by atoms with Crippen LogP contribution in [0.4, 0.5) is 0 Å². The lowest BCUT2D eigenvalue weighted by Crippen LogP contribution is -2.23. The molecule has 0 aromatic rings. The lowest BCUT2D eigenvalue weighted by molar-refractivity contribution is 0.154. The Bertz CT molecular complexity index is 139. The molecule has 1 unspecified atom stereocenters. The molecule has 13 heavy (non-hydrogen) atoms. The van der Waals surface area contributed by atoms with Gasteiger partial charge in [-0.25, -0.2) is 0 Å². The van der Waals surface area contributed by atoms with Crippen LogP contribution < -0.4 is 0 Å². The summed E-state index contributed by atoms with van der Waals surface area (Å²) in [6.45, 7) is 6.35. The predicted molar refractivity (Wildman–Crippen MR) is 57.3 cm³/mol. The minimum absolute atomic E-state index is 0.316. The fourth-order valence-corrected chi connectivity index (χ4v) is 2.25. The van der Waals surface area contributed by atoms with Gasteiger partial charge in [-0.15, -0.1) is 11.6 Å². The van der Waals surface area contributed by atoms with Gasteiger partial charge < -0.3 is 4.74 Å². The Morgan fingerprint density at radius 2 is 2.23 bits per heavy atom. The monoisotopic (exact) mass is 204 g/mol. The van der Waals surface area contributed by atoms with E-state index in [0.717, 1.165) is 31.4 Å². The van der Waals surface area contributed by atoms with Crippen LogP contribution in [0.1, 0.15) is 39.5 Å². The molecule has 0 N–H and O–H groups in total. The highest BCUT2D eigenvalue weighted by Crippen LogP contribution is 2.35. The lowest BCUT2D eigenvalue weighted by atomic mass is 9.83. The highest BCUT2D eigenvalue weighted by molar-refractivity contribution is 6.18. The Balaban J connectivity index is 2.23. The van der Waals surface area contributed by atoms with Crippen LogP contribution in [-0.2, 0) is 4.74 Å². The molecule has 78 valence electrons. The van der Waals surface area contributed by atoms with Crippen LogP contribution in [-0.4, -0.2) is 19.1 Å². The van der Waals surface area contributed by atoms with Gasteiger partial charge in [0, 0.05) is 17.9 Å². The number of alkyl halides is 1. The van der Waals surface area contributed by atoms with Gasteiger partial charge in [-0.05, 0) is 18.8 Å². The predicted octanol–water partition coefficient (Wildman–Crippen LogP) is 3.46. The Morgan fingerprint density at radius 1 is 1.46 bits per heavy atom. The van der Waals surface area contributed by atoms with Gasteiger partial charge in [0.15, 0.2) is 0 Å². The van der Waals surface area contributed by atoms with Gasteiger partial charge in [-0.1, -0.05) is 26.7 Å². The second kappa shape index (κ2) is 5.21. The van der Waals surface area contributed by atoms with Gasteiger partial charge >= 0.3 is 0 Å². The molecule has 0 aromatic carbocycles. The number of hydrogen-bond donors (Lipinski definition) is 0. The van der Waals surface area contributed by atoms with Gasteiger partial charge in [-0.2, -0.15) is 0 Å². The van der Waals surface area contributed by atoms with Crippen molar-refractivity contribution < 1.29 is 4.74 Å². The molecule has 1 atom stereocenters. The first-order valence-electron chi connectivity index (χ1n) is 5.32. The SMILES string of the molecule is CC(C)CCCC1(CCl)CCOC1. The van der Waals surface area contributed by atoms with E-state index in [1.807, 2.05) is 0 Å². The molecule has 1 fully saturated rings. The summed E-state index contributed by atoms with van der Waals surface area (Å²) in [5, 5.41) is 0. The molecule has 0 spiro atoms. The van der Waals surface area contributed by atoms with Crippen molar-refractivity contribution in [2.75, 3.05) is 19.1 Å². The third kappa shape index (κ3) is 3.47. The summed E-state index contributed by atoms with van der Waals surface area (Å²) >= 11 is 6.00. The van der Waals surface area contributed by atoms with Crippen LogP contribution in [0.5, 0.6) is 0 Å². The molecule has 2 heteroatoms.